The van der Waals surface area contributed by atoms with Crippen molar-refractivity contribution < 1.29 is 4.39 Å². The van der Waals surface area contributed by atoms with Crippen LogP contribution in [0.2, 0.25) is 0 Å². The standard InChI is InChI=1S/C14H17FN2S2/c1-19-11-5-3-10(4-6-11)17-13-8-9(15)2-7-12(13)16-14(17)18/h2,7-8,10-11H,3-6H2,1H3,(H,16,18). The van der Waals surface area contributed by atoms with E-state index in [9.17, 15) is 4.39 Å². The largest absolute Gasteiger partial charge is 0.331 e. The van der Waals surface area contributed by atoms with Crippen LogP contribution >= 0.6 is 24.0 Å². The Kier molecular flexibility index (Phi) is 3.67. The van der Waals surface area contributed by atoms with Crippen molar-refractivity contribution in [3.8, 4) is 0 Å². The Labute approximate surface area is 121 Å². The number of fused-ring (bicyclic) bond motifs is 1. The lowest BCUT2D eigenvalue weighted by molar-refractivity contribution is 0.364. The molecular formula is C14H17FN2S2. The zero-order valence-electron chi connectivity index (χ0n) is 10.9. The van der Waals surface area contributed by atoms with E-state index in [2.05, 4.69) is 15.8 Å². The number of H-pyrrole nitrogens is 1. The highest BCUT2D eigenvalue weighted by Gasteiger charge is 2.23. The minimum absolute atomic E-state index is 0.201. The average Bonchev–Trinajstić information content (AvgIpc) is 2.74. The van der Waals surface area contributed by atoms with Gasteiger partial charge in [0.25, 0.3) is 0 Å². The molecule has 0 radical (unpaired) electrons. The second-order valence-electron chi connectivity index (χ2n) is 5.13. The van der Waals surface area contributed by atoms with Crippen molar-refractivity contribution in [2.24, 2.45) is 0 Å². The molecule has 2 nitrogen and oxygen atoms in total. The van der Waals surface area contributed by atoms with Gasteiger partial charge in [0.2, 0.25) is 0 Å². The number of nitrogens with one attached hydrogen (secondary N) is 1. The number of hydrogen-bond acceptors (Lipinski definition) is 2. The molecule has 1 fully saturated rings. The lowest BCUT2D eigenvalue weighted by Crippen LogP contribution is -2.19. The highest BCUT2D eigenvalue weighted by Crippen LogP contribution is 2.35. The van der Waals surface area contributed by atoms with Crippen LogP contribution in [-0.2, 0) is 0 Å². The van der Waals surface area contributed by atoms with Crippen LogP contribution in [0.4, 0.5) is 4.39 Å². The molecule has 1 aliphatic rings. The fourth-order valence-corrected chi connectivity index (χ4v) is 4.10. The summed E-state index contributed by atoms with van der Waals surface area (Å²) in [6, 6.07) is 5.24. The van der Waals surface area contributed by atoms with Crippen LogP contribution in [-0.4, -0.2) is 21.1 Å². The molecule has 5 heteroatoms. The maximum atomic E-state index is 13.4. The molecule has 0 bridgehead atoms. The molecule has 102 valence electrons. The first kappa shape index (κ1) is 13.2. The van der Waals surface area contributed by atoms with E-state index < -0.39 is 0 Å². The van der Waals surface area contributed by atoms with Gasteiger partial charge in [-0.3, -0.25) is 0 Å². The zero-order chi connectivity index (χ0) is 13.4. The SMILES string of the molecule is CSC1CCC(n2c(=S)[nH]c3ccc(F)cc32)CC1. The summed E-state index contributed by atoms with van der Waals surface area (Å²) >= 11 is 7.37. The van der Waals surface area contributed by atoms with Gasteiger partial charge in [-0.05, 0) is 62.4 Å². The van der Waals surface area contributed by atoms with Gasteiger partial charge in [-0.1, -0.05) is 0 Å². The number of aromatic amines is 1. The molecule has 1 N–H and O–H groups in total. The van der Waals surface area contributed by atoms with Crippen molar-refractivity contribution in [2.75, 3.05) is 6.26 Å². The predicted molar refractivity (Wildman–Crippen MR) is 81.9 cm³/mol. The highest BCUT2D eigenvalue weighted by molar-refractivity contribution is 7.99. The molecule has 0 spiro atoms. The number of nitrogens with zero attached hydrogens (tertiary/aromatic N) is 1. The Morgan fingerprint density at radius 3 is 2.74 bits per heavy atom. The fourth-order valence-electron chi connectivity index (χ4n) is 3.00. The summed E-state index contributed by atoms with van der Waals surface area (Å²) in [7, 11) is 0. The molecule has 0 unspecified atom stereocenters. The summed E-state index contributed by atoms with van der Waals surface area (Å²) in [5, 5.41) is 0.771. The van der Waals surface area contributed by atoms with Crippen LogP contribution in [0.25, 0.3) is 11.0 Å². The molecule has 1 aliphatic carbocycles. The quantitative estimate of drug-likeness (QED) is 0.812. The molecule has 0 atom stereocenters. The number of benzene rings is 1. The van der Waals surface area contributed by atoms with Crippen molar-refractivity contribution in [3.05, 3.63) is 28.8 Å². The third-order valence-corrected chi connectivity index (χ3v) is 5.46. The molecule has 0 aliphatic heterocycles. The van der Waals surface area contributed by atoms with Crippen LogP contribution in [0.1, 0.15) is 31.7 Å². The number of aromatic nitrogens is 2. The van der Waals surface area contributed by atoms with Crippen molar-refractivity contribution in [1.29, 1.82) is 0 Å². The molecule has 3 rings (SSSR count). The Balaban J connectivity index is 1.98. The van der Waals surface area contributed by atoms with Gasteiger partial charge >= 0.3 is 0 Å². The average molecular weight is 296 g/mol. The van der Waals surface area contributed by atoms with Crippen LogP contribution in [0.5, 0.6) is 0 Å². The van der Waals surface area contributed by atoms with Gasteiger partial charge < -0.3 is 9.55 Å². The normalized spacial score (nSPS) is 23.9. The van der Waals surface area contributed by atoms with Crippen molar-refractivity contribution in [2.45, 2.75) is 37.0 Å². The number of imidazole rings is 1. The second-order valence-corrected chi connectivity index (χ2v) is 6.65. The maximum Gasteiger partial charge on any atom is 0.178 e. The van der Waals surface area contributed by atoms with E-state index in [4.69, 9.17) is 12.2 Å². The number of hydrogen-bond donors (Lipinski definition) is 1. The van der Waals surface area contributed by atoms with Crippen LogP contribution in [0.15, 0.2) is 18.2 Å². The van der Waals surface area contributed by atoms with Crippen LogP contribution < -0.4 is 0 Å². The molecule has 0 saturated heterocycles. The van der Waals surface area contributed by atoms with Gasteiger partial charge in [-0.15, -0.1) is 0 Å². The number of rotatable bonds is 2. The van der Waals surface area contributed by atoms with E-state index in [0.29, 0.717) is 10.8 Å². The maximum absolute atomic E-state index is 13.4. The zero-order valence-corrected chi connectivity index (χ0v) is 12.5. The first-order valence-corrected chi connectivity index (χ1v) is 8.31. The first-order chi connectivity index (χ1) is 9.19. The molecule has 2 aromatic rings. The monoisotopic (exact) mass is 296 g/mol. The topological polar surface area (TPSA) is 20.7 Å². The summed E-state index contributed by atoms with van der Waals surface area (Å²) in [4.78, 5) is 3.18. The molecule has 1 heterocycles. The highest BCUT2D eigenvalue weighted by atomic mass is 32.2. The van der Waals surface area contributed by atoms with Crippen molar-refractivity contribution in [1.82, 2.24) is 9.55 Å². The van der Waals surface area contributed by atoms with E-state index in [1.165, 1.54) is 18.9 Å². The second kappa shape index (κ2) is 5.29. The van der Waals surface area contributed by atoms with E-state index >= 15 is 0 Å². The smallest absolute Gasteiger partial charge is 0.178 e. The minimum Gasteiger partial charge on any atom is -0.331 e. The van der Waals surface area contributed by atoms with Crippen LogP contribution in [0, 0.1) is 10.6 Å². The van der Waals surface area contributed by atoms with Gasteiger partial charge in [0.1, 0.15) is 5.82 Å². The van der Waals surface area contributed by atoms with Crippen molar-refractivity contribution in [3.63, 3.8) is 0 Å². The van der Waals surface area contributed by atoms with Gasteiger partial charge in [-0.2, -0.15) is 11.8 Å². The number of thioether (sulfide) groups is 1. The van der Waals surface area contributed by atoms with Crippen LogP contribution in [0.3, 0.4) is 0 Å². The van der Waals surface area contributed by atoms with E-state index in [1.807, 2.05) is 11.8 Å². The van der Waals surface area contributed by atoms with Gasteiger partial charge in [0.05, 0.1) is 11.0 Å². The lowest BCUT2D eigenvalue weighted by atomic mass is 9.94. The Hall–Kier alpha value is -0.810. The Morgan fingerprint density at radius 1 is 1.32 bits per heavy atom. The summed E-state index contributed by atoms with van der Waals surface area (Å²) in [6.45, 7) is 0. The molecular weight excluding hydrogens is 279 g/mol. The van der Waals surface area contributed by atoms with Crippen molar-refractivity contribution >= 4 is 35.0 Å². The van der Waals surface area contributed by atoms with E-state index in [1.54, 1.807) is 12.1 Å². The molecule has 19 heavy (non-hydrogen) atoms. The van der Waals surface area contributed by atoms with E-state index in [-0.39, 0.29) is 5.82 Å². The molecule has 1 aromatic carbocycles. The van der Waals surface area contributed by atoms with E-state index in [0.717, 1.165) is 29.1 Å². The molecule has 0 amide bonds. The van der Waals surface area contributed by atoms with Gasteiger partial charge in [0, 0.05) is 11.3 Å². The minimum atomic E-state index is -0.201. The predicted octanol–water partition coefficient (Wildman–Crippen LogP) is 4.68. The lowest BCUT2D eigenvalue weighted by Gasteiger charge is -2.28. The summed E-state index contributed by atoms with van der Waals surface area (Å²) < 4.78 is 16.3. The summed E-state index contributed by atoms with van der Waals surface area (Å²) in [5.41, 5.74) is 1.83. The first-order valence-electron chi connectivity index (χ1n) is 6.61. The Morgan fingerprint density at radius 2 is 2.05 bits per heavy atom. The fraction of sp³-hybridized carbons (Fsp3) is 0.500. The Bertz CT molecular complexity index is 638. The molecule has 1 saturated carbocycles. The summed E-state index contributed by atoms with van der Waals surface area (Å²) in [6.07, 6.45) is 6.87. The van der Waals surface area contributed by atoms with Gasteiger partial charge in [0.15, 0.2) is 4.77 Å². The third kappa shape index (κ3) is 2.46. The summed E-state index contributed by atoms with van der Waals surface area (Å²) in [5.74, 6) is -0.201. The third-order valence-electron chi connectivity index (χ3n) is 4.02. The molecule has 1 aromatic heterocycles. The van der Waals surface area contributed by atoms with Gasteiger partial charge in [-0.25, -0.2) is 4.39 Å². The number of halogens is 1.